The van der Waals surface area contributed by atoms with E-state index in [4.69, 9.17) is 10.2 Å². The van der Waals surface area contributed by atoms with Crippen LogP contribution in [0.3, 0.4) is 0 Å². The summed E-state index contributed by atoms with van der Waals surface area (Å²) in [5, 5.41) is 31.9. The first-order chi connectivity index (χ1) is 7.99. The Bertz CT molecular complexity index is 315. The number of aliphatic hydroxyl groups is 3. The second-order valence-electron chi connectivity index (χ2n) is 4.22. The lowest BCUT2D eigenvalue weighted by Crippen LogP contribution is -2.41. The van der Waals surface area contributed by atoms with Gasteiger partial charge in [-0.3, -0.25) is 4.68 Å². The van der Waals surface area contributed by atoms with Crippen LogP contribution in [0.1, 0.15) is 13.8 Å². The number of aromatic nitrogens is 3. The third-order valence-corrected chi connectivity index (χ3v) is 4.23. The average molecular weight is 261 g/mol. The first kappa shape index (κ1) is 14.4. The standard InChI is InChI=1S/C10H19N3O3S/c1-8(17-9(3-14)4-15)10(2,16)5-13-7-11-6-12-13/h6-9,14-16H,3-5H2,1-2H3. The van der Waals surface area contributed by atoms with Gasteiger partial charge in [-0.2, -0.15) is 5.10 Å². The van der Waals surface area contributed by atoms with Crippen LogP contribution in [0, 0.1) is 0 Å². The normalized spacial score (nSPS) is 17.1. The molecule has 0 amide bonds. The van der Waals surface area contributed by atoms with Crippen molar-refractivity contribution in [1.29, 1.82) is 0 Å². The molecule has 1 rings (SSSR count). The molecule has 0 spiro atoms. The van der Waals surface area contributed by atoms with Crippen molar-refractivity contribution in [2.45, 2.75) is 36.5 Å². The lowest BCUT2D eigenvalue weighted by Gasteiger charge is -2.31. The Kier molecular flexibility index (Phi) is 5.38. The number of rotatable bonds is 7. The molecule has 0 aromatic carbocycles. The highest BCUT2D eigenvalue weighted by molar-refractivity contribution is 8.00. The van der Waals surface area contributed by atoms with E-state index in [2.05, 4.69) is 10.1 Å². The van der Waals surface area contributed by atoms with Gasteiger partial charge in [0.1, 0.15) is 12.7 Å². The minimum atomic E-state index is -0.985. The van der Waals surface area contributed by atoms with E-state index < -0.39 is 5.60 Å². The summed E-state index contributed by atoms with van der Waals surface area (Å²) in [5.74, 6) is 0. The fraction of sp³-hybridized carbons (Fsp3) is 0.800. The molecular weight excluding hydrogens is 242 g/mol. The van der Waals surface area contributed by atoms with Gasteiger partial charge in [0.05, 0.1) is 30.6 Å². The summed E-state index contributed by atoms with van der Waals surface area (Å²) in [4.78, 5) is 3.81. The summed E-state index contributed by atoms with van der Waals surface area (Å²) in [6.45, 7) is 3.68. The summed E-state index contributed by atoms with van der Waals surface area (Å²) in [5.41, 5.74) is -0.985. The van der Waals surface area contributed by atoms with Crippen LogP contribution in [0.5, 0.6) is 0 Å². The molecule has 0 saturated heterocycles. The average Bonchev–Trinajstić information content (AvgIpc) is 2.77. The Labute approximate surface area is 105 Å². The summed E-state index contributed by atoms with van der Waals surface area (Å²) >= 11 is 1.36. The maximum Gasteiger partial charge on any atom is 0.137 e. The van der Waals surface area contributed by atoms with Crippen LogP contribution in [0.4, 0.5) is 0 Å². The molecule has 0 radical (unpaired) electrons. The highest BCUT2D eigenvalue weighted by atomic mass is 32.2. The zero-order valence-corrected chi connectivity index (χ0v) is 10.8. The van der Waals surface area contributed by atoms with E-state index in [1.165, 1.54) is 18.1 Å². The number of hydrogen-bond donors (Lipinski definition) is 3. The molecule has 0 aliphatic heterocycles. The zero-order chi connectivity index (χ0) is 12.9. The van der Waals surface area contributed by atoms with Gasteiger partial charge in [0, 0.05) is 5.25 Å². The number of hydrogen-bond acceptors (Lipinski definition) is 6. The molecular formula is C10H19N3O3S. The van der Waals surface area contributed by atoms with Gasteiger partial charge in [-0.15, -0.1) is 11.8 Å². The Morgan fingerprint density at radius 1 is 1.41 bits per heavy atom. The maximum absolute atomic E-state index is 10.3. The lowest BCUT2D eigenvalue weighted by atomic mass is 10.0. The molecule has 0 saturated carbocycles. The van der Waals surface area contributed by atoms with E-state index in [1.54, 1.807) is 17.9 Å². The summed E-state index contributed by atoms with van der Waals surface area (Å²) in [6.07, 6.45) is 2.96. The van der Waals surface area contributed by atoms with Crippen LogP contribution in [0.2, 0.25) is 0 Å². The Balaban J connectivity index is 2.56. The molecule has 1 aromatic heterocycles. The van der Waals surface area contributed by atoms with E-state index in [9.17, 15) is 5.11 Å². The van der Waals surface area contributed by atoms with E-state index >= 15 is 0 Å². The predicted octanol–water partition coefficient (Wildman–Crippen LogP) is -0.496. The molecule has 2 unspecified atom stereocenters. The Morgan fingerprint density at radius 3 is 2.53 bits per heavy atom. The molecule has 1 aromatic rings. The highest BCUT2D eigenvalue weighted by Gasteiger charge is 2.31. The molecule has 7 heteroatoms. The first-order valence-electron chi connectivity index (χ1n) is 5.41. The molecule has 6 nitrogen and oxygen atoms in total. The van der Waals surface area contributed by atoms with Crippen LogP contribution >= 0.6 is 11.8 Å². The van der Waals surface area contributed by atoms with Gasteiger partial charge in [-0.25, -0.2) is 4.98 Å². The van der Waals surface area contributed by atoms with Crippen LogP contribution in [0.25, 0.3) is 0 Å². The fourth-order valence-corrected chi connectivity index (χ4v) is 2.47. The highest BCUT2D eigenvalue weighted by Crippen LogP contribution is 2.27. The predicted molar refractivity (Wildman–Crippen MR) is 65.7 cm³/mol. The number of aliphatic hydroxyl groups excluding tert-OH is 2. The van der Waals surface area contributed by atoms with Crippen molar-refractivity contribution in [2.24, 2.45) is 0 Å². The van der Waals surface area contributed by atoms with Gasteiger partial charge in [-0.1, -0.05) is 6.92 Å². The second kappa shape index (κ2) is 6.34. The van der Waals surface area contributed by atoms with Gasteiger partial charge in [0.2, 0.25) is 0 Å². The molecule has 1 heterocycles. The molecule has 98 valence electrons. The van der Waals surface area contributed by atoms with Crippen molar-refractivity contribution in [3.8, 4) is 0 Å². The van der Waals surface area contributed by atoms with E-state index in [0.717, 1.165) is 0 Å². The van der Waals surface area contributed by atoms with Gasteiger partial charge in [0.25, 0.3) is 0 Å². The lowest BCUT2D eigenvalue weighted by molar-refractivity contribution is 0.0396. The zero-order valence-electron chi connectivity index (χ0n) is 10.0. The minimum absolute atomic E-state index is 0.106. The van der Waals surface area contributed by atoms with E-state index in [-0.39, 0.29) is 23.7 Å². The minimum Gasteiger partial charge on any atom is -0.395 e. The number of thioether (sulfide) groups is 1. The van der Waals surface area contributed by atoms with Gasteiger partial charge < -0.3 is 15.3 Å². The van der Waals surface area contributed by atoms with Gasteiger partial charge >= 0.3 is 0 Å². The van der Waals surface area contributed by atoms with Crippen molar-refractivity contribution in [2.75, 3.05) is 13.2 Å². The van der Waals surface area contributed by atoms with Crippen molar-refractivity contribution in [3.63, 3.8) is 0 Å². The third kappa shape index (κ3) is 4.27. The largest absolute Gasteiger partial charge is 0.395 e. The molecule has 0 fully saturated rings. The molecule has 0 aliphatic rings. The van der Waals surface area contributed by atoms with Gasteiger partial charge in [0.15, 0.2) is 0 Å². The molecule has 3 N–H and O–H groups in total. The molecule has 0 aliphatic carbocycles. The molecule has 17 heavy (non-hydrogen) atoms. The third-order valence-electron chi connectivity index (χ3n) is 2.63. The SMILES string of the molecule is CC(SC(CO)CO)C(C)(O)Cn1cncn1. The van der Waals surface area contributed by atoms with Crippen LogP contribution in [-0.4, -0.2) is 59.4 Å². The fourth-order valence-electron chi connectivity index (χ4n) is 1.35. The van der Waals surface area contributed by atoms with Crippen molar-refractivity contribution in [1.82, 2.24) is 14.8 Å². The smallest absolute Gasteiger partial charge is 0.137 e. The second-order valence-corrected chi connectivity index (χ2v) is 5.86. The first-order valence-corrected chi connectivity index (χ1v) is 6.36. The van der Waals surface area contributed by atoms with E-state index in [1.807, 2.05) is 6.92 Å². The van der Waals surface area contributed by atoms with Gasteiger partial charge in [-0.05, 0) is 6.92 Å². The van der Waals surface area contributed by atoms with Crippen LogP contribution < -0.4 is 0 Å². The summed E-state index contributed by atoms with van der Waals surface area (Å²) in [7, 11) is 0. The van der Waals surface area contributed by atoms with Crippen LogP contribution in [-0.2, 0) is 6.54 Å². The molecule has 0 bridgehead atoms. The number of nitrogens with zero attached hydrogens (tertiary/aromatic N) is 3. The van der Waals surface area contributed by atoms with Crippen molar-refractivity contribution in [3.05, 3.63) is 12.7 Å². The summed E-state index contributed by atoms with van der Waals surface area (Å²) < 4.78 is 1.56. The topological polar surface area (TPSA) is 91.4 Å². The molecule has 2 atom stereocenters. The Morgan fingerprint density at radius 2 is 2.06 bits per heavy atom. The monoisotopic (exact) mass is 261 g/mol. The maximum atomic E-state index is 10.3. The quantitative estimate of drug-likeness (QED) is 0.613. The van der Waals surface area contributed by atoms with Crippen molar-refractivity contribution < 1.29 is 15.3 Å². The Hall–Kier alpha value is -0.630. The summed E-state index contributed by atoms with van der Waals surface area (Å²) in [6, 6.07) is 0. The van der Waals surface area contributed by atoms with E-state index in [0.29, 0.717) is 6.54 Å². The van der Waals surface area contributed by atoms with Crippen LogP contribution in [0.15, 0.2) is 12.7 Å². The van der Waals surface area contributed by atoms with Crippen molar-refractivity contribution >= 4 is 11.8 Å².